The van der Waals surface area contributed by atoms with Crippen LogP contribution in [0.25, 0.3) is 11.0 Å². The normalized spacial score (nSPS) is 11.0. The standard InChI is InChI=1S/C17H18N4O4/c1-10-3-4-14-12(9-25-17(14)11(10)2)5-15(22)18-6-13-7-21(20-19-13)8-16(23)24/h3-4,7,9H,5-6,8H2,1-2H3,(H,18,22)(H,23,24). The van der Waals surface area contributed by atoms with E-state index in [4.69, 9.17) is 9.52 Å². The number of aromatic nitrogens is 3. The number of carboxylic acids is 1. The Morgan fingerprint density at radius 1 is 1.32 bits per heavy atom. The van der Waals surface area contributed by atoms with Crippen molar-refractivity contribution >= 4 is 22.8 Å². The van der Waals surface area contributed by atoms with Gasteiger partial charge in [0.15, 0.2) is 0 Å². The van der Waals surface area contributed by atoms with Gasteiger partial charge in [0.1, 0.15) is 17.8 Å². The van der Waals surface area contributed by atoms with Crippen molar-refractivity contribution in [2.24, 2.45) is 0 Å². The van der Waals surface area contributed by atoms with E-state index in [-0.39, 0.29) is 25.4 Å². The molecule has 25 heavy (non-hydrogen) atoms. The summed E-state index contributed by atoms with van der Waals surface area (Å²) < 4.78 is 6.81. The van der Waals surface area contributed by atoms with E-state index in [0.717, 1.165) is 27.7 Å². The van der Waals surface area contributed by atoms with Crippen molar-refractivity contribution < 1.29 is 19.1 Å². The lowest BCUT2D eigenvalue weighted by Crippen LogP contribution is -2.24. The molecule has 0 spiro atoms. The number of aryl methyl sites for hydroxylation is 2. The second kappa shape index (κ2) is 6.76. The molecule has 8 nitrogen and oxygen atoms in total. The monoisotopic (exact) mass is 342 g/mol. The minimum absolute atomic E-state index is 0.172. The maximum Gasteiger partial charge on any atom is 0.325 e. The van der Waals surface area contributed by atoms with Crippen LogP contribution in [-0.4, -0.2) is 32.0 Å². The van der Waals surface area contributed by atoms with E-state index in [2.05, 4.69) is 15.6 Å². The molecule has 0 fully saturated rings. The Balaban J connectivity index is 1.62. The number of hydrogen-bond acceptors (Lipinski definition) is 5. The SMILES string of the molecule is Cc1ccc2c(CC(=O)NCc3cn(CC(=O)O)nn3)coc2c1C. The van der Waals surface area contributed by atoms with Gasteiger partial charge in [-0.15, -0.1) is 5.10 Å². The molecule has 2 aromatic heterocycles. The van der Waals surface area contributed by atoms with Crippen LogP contribution in [0.5, 0.6) is 0 Å². The van der Waals surface area contributed by atoms with Crippen molar-refractivity contribution in [3.8, 4) is 0 Å². The number of hydrogen-bond donors (Lipinski definition) is 2. The predicted molar refractivity (Wildman–Crippen MR) is 88.9 cm³/mol. The van der Waals surface area contributed by atoms with Crippen molar-refractivity contribution in [1.29, 1.82) is 0 Å². The second-order valence-corrected chi connectivity index (χ2v) is 5.90. The van der Waals surface area contributed by atoms with Crippen LogP contribution in [0.3, 0.4) is 0 Å². The highest BCUT2D eigenvalue weighted by atomic mass is 16.4. The number of rotatable bonds is 6. The summed E-state index contributed by atoms with van der Waals surface area (Å²) in [7, 11) is 0. The highest BCUT2D eigenvalue weighted by Gasteiger charge is 2.13. The van der Waals surface area contributed by atoms with Crippen LogP contribution in [0.2, 0.25) is 0 Å². The Labute approximate surface area is 143 Å². The summed E-state index contributed by atoms with van der Waals surface area (Å²) in [6.07, 6.45) is 3.30. The molecule has 3 rings (SSSR count). The fourth-order valence-electron chi connectivity index (χ4n) is 2.59. The molecule has 1 amide bonds. The molecule has 0 aliphatic heterocycles. The second-order valence-electron chi connectivity index (χ2n) is 5.90. The fourth-order valence-corrected chi connectivity index (χ4v) is 2.59. The van der Waals surface area contributed by atoms with Crippen molar-refractivity contribution in [2.75, 3.05) is 0 Å². The average molecular weight is 342 g/mol. The van der Waals surface area contributed by atoms with Gasteiger partial charge in [0.05, 0.1) is 25.4 Å². The van der Waals surface area contributed by atoms with Gasteiger partial charge >= 0.3 is 5.97 Å². The summed E-state index contributed by atoms with van der Waals surface area (Å²) in [5.74, 6) is -1.17. The third-order valence-corrected chi connectivity index (χ3v) is 4.04. The van der Waals surface area contributed by atoms with Crippen molar-refractivity contribution in [1.82, 2.24) is 20.3 Å². The van der Waals surface area contributed by atoms with Crippen LogP contribution < -0.4 is 5.32 Å². The van der Waals surface area contributed by atoms with Gasteiger partial charge in [-0.05, 0) is 25.0 Å². The molecular formula is C17H18N4O4. The summed E-state index contributed by atoms with van der Waals surface area (Å²) in [6, 6.07) is 3.97. The highest BCUT2D eigenvalue weighted by molar-refractivity contribution is 5.89. The number of amides is 1. The summed E-state index contributed by atoms with van der Waals surface area (Å²) in [5, 5.41) is 19.9. The number of aliphatic carboxylic acids is 1. The maximum absolute atomic E-state index is 12.2. The van der Waals surface area contributed by atoms with Crippen LogP contribution in [0, 0.1) is 13.8 Å². The lowest BCUT2D eigenvalue weighted by molar-refractivity contribution is -0.138. The van der Waals surface area contributed by atoms with Crippen molar-refractivity contribution in [3.05, 3.63) is 47.0 Å². The van der Waals surface area contributed by atoms with Crippen LogP contribution in [0.15, 0.2) is 29.0 Å². The number of nitrogens with zero attached hydrogens (tertiary/aromatic N) is 3. The minimum Gasteiger partial charge on any atom is -0.480 e. The lowest BCUT2D eigenvalue weighted by atomic mass is 10.0. The van der Waals surface area contributed by atoms with Gasteiger partial charge in [0.25, 0.3) is 0 Å². The smallest absolute Gasteiger partial charge is 0.325 e. The molecule has 8 heteroatoms. The van der Waals surface area contributed by atoms with E-state index in [1.54, 1.807) is 6.26 Å². The molecule has 0 aliphatic rings. The van der Waals surface area contributed by atoms with Crippen LogP contribution in [0.4, 0.5) is 0 Å². The van der Waals surface area contributed by atoms with Gasteiger partial charge in [0, 0.05) is 10.9 Å². The number of carboxylic acid groups (broad SMARTS) is 1. The van der Waals surface area contributed by atoms with Gasteiger partial charge in [-0.25, -0.2) is 4.68 Å². The Morgan fingerprint density at radius 2 is 2.12 bits per heavy atom. The first-order valence-corrected chi connectivity index (χ1v) is 7.78. The number of furan rings is 1. The zero-order valence-corrected chi connectivity index (χ0v) is 13.9. The lowest BCUT2D eigenvalue weighted by Gasteiger charge is -2.03. The number of fused-ring (bicyclic) bond motifs is 1. The Bertz CT molecular complexity index is 941. The molecule has 0 bridgehead atoms. The van der Waals surface area contributed by atoms with Gasteiger partial charge in [-0.3, -0.25) is 9.59 Å². The predicted octanol–water partition coefficient (Wildman–Crippen LogP) is 1.58. The zero-order valence-electron chi connectivity index (χ0n) is 13.9. The topological polar surface area (TPSA) is 110 Å². The molecule has 0 saturated heterocycles. The van der Waals surface area contributed by atoms with E-state index in [0.29, 0.717) is 5.69 Å². The van der Waals surface area contributed by atoms with E-state index in [9.17, 15) is 9.59 Å². The third-order valence-electron chi connectivity index (χ3n) is 4.04. The van der Waals surface area contributed by atoms with Gasteiger partial charge in [-0.2, -0.15) is 0 Å². The van der Waals surface area contributed by atoms with Crippen molar-refractivity contribution in [3.63, 3.8) is 0 Å². The zero-order chi connectivity index (χ0) is 18.0. The molecular weight excluding hydrogens is 324 g/mol. The molecule has 0 radical (unpaired) electrons. The number of carbonyl (C=O) groups excluding carboxylic acids is 1. The fraction of sp³-hybridized carbons (Fsp3) is 0.294. The largest absolute Gasteiger partial charge is 0.480 e. The first kappa shape index (κ1) is 16.7. The van der Waals surface area contributed by atoms with Gasteiger partial charge < -0.3 is 14.8 Å². The van der Waals surface area contributed by atoms with E-state index in [1.165, 1.54) is 10.9 Å². The molecule has 130 valence electrons. The van der Waals surface area contributed by atoms with Gasteiger partial charge in [-0.1, -0.05) is 17.3 Å². The molecule has 0 aliphatic carbocycles. The Morgan fingerprint density at radius 3 is 2.88 bits per heavy atom. The molecule has 0 unspecified atom stereocenters. The number of nitrogens with one attached hydrogen (secondary N) is 1. The molecule has 2 heterocycles. The maximum atomic E-state index is 12.2. The first-order chi connectivity index (χ1) is 11.9. The molecule has 3 aromatic rings. The summed E-state index contributed by atoms with van der Waals surface area (Å²) in [6.45, 7) is 3.93. The van der Waals surface area contributed by atoms with Crippen LogP contribution in [-0.2, 0) is 29.1 Å². The third kappa shape index (κ3) is 3.68. The summed E-state index contributed by atoms with van der Waals surface area (Å²) >= 11 is 0. The average Bonchev–Trinajstić information content (AvgIpc) is 3.16. The Hall–Kier alpha value is -3.16. The van der Waals surface area contributed by atoms with E-state index in [1.807, 2.05) is 26.0 Å². The van der Waals surface area contributed by atoms with Crippen LogP contribution in [0.1, 0.15) is 22.4 Å². The minimum atomic E-state index is -1.00. The molecule has 0 atom stereocenters. The Kier molecular flexibility index (Phi) is 4.51. The quantitative estimate of drug-likeness (QED) is 0.704. The van der Waals surface area contributed by atoms with Gasteiger partial charge in [0.2, 0.25) is 5.91 Å². The molecule has 2 N–H and O–H groups in total. The van der Waals surface area contributed by atoms with Crippen molar-refractivity contribution in [2.45, 2.75) is 33.4 Å². The highest BCUT2D eigenvalue weighted by Crippen LogP contribution is 2.26. The van der Waals surface area contributed by atoms with E-state index >= 15 is 0 Å². The number of benzene rings is 1. The molecule has 0 saturated carbocycles. The summed E-state index contributed by atoms with van der Waals surface area (Å²) in [5.41, 5.74) is 4.34. The number of carbonyl (C=O) groups is 2. The summed E-state index contributed by atoms with van der Waals surface area (Å²) in [4.78, 5) is 22.8. The molecule has 1 aromatic carbocycles. The first-order valence-electron chi connectivity index (χ1n) is 7.78. The van der Waals surface area contributed by atoms with Crippen LogP contribution >= 0.6 is 0 Å². The van der Waals surface area contributed by atoms with E-state index < -0.39 is 5.97 Å².